The molecule has 8 heteroatoms. The number of benzene rings is 1. The summed E-state index contributed by atoms with van der Waals surface area (Å²) in [5.41, 5.74) is 0.563. The molecule has 3 atom stereocenters. The van der Waals surface area contributed by atoms with Gasteiger partial charge in [-0.1, -0.05) is 32.6 Å². The largest absolute Gasteiger partial charge is 0.494 e. The lowest BCUT2D eigenvalue weighted by molar-refractivity contribution is -0.0457. The number of unbranched alkanes of at least 4 members (excludes halogenated alkanes) is 4. The molecule has 1 fully saturated rings. The molecule has 3 aromatic rings. The van der Waals surface area contributed by atoms with E-state index in [0.717, 1.165) is 17.7 Å². The number of hydrogen-bond donors (Lipinski definition) is 2. The SMILES string of the molecule is CCCCCCCOc1ccc(-c2cc3cn([C@H]4C[C@H](O)[C@@H](CO)O4)c(=O)nc3o2)cc1. The molecule has 1 aliphatic heterocycles. The van der Waals surface area contributed by atoms with E-state index in [1.54, 1.807) is 6.20 Å². The van der Waals surface area contributed by atoms with Crippen LogP contribution in [0.2, 0.25) is 0 Å². The highest BCUT2D eigenvalue weighted by Crippen LogP contribution is 2.30. The number of aliphatic hydroxyl groups excluding tert-OH is 2. The Hall–Kier alpha value is -2.68. The molecule has 0 bridgehead atoms. The summed E-state index contributed by atoms with van der Waals surface area (Å²) in [4.78, 5) is 16.5. The lowest BCUT2D eigenvalue weighted by Crippen LogP contribution is -2.27. The van der Waals surface area contributed by atoms with Crippen LogP contribution in [-0.2, 0) is 4.74 Å². The summed E-state index contributed by atoms with van der Waals surface area (Å²) in [6.07, 6.45) is 5.60. The Kier molecular flexibility index (Phi) is 7.24. The van der Waals surface area contributed by atoms with Crippen molar-refractivity contribution in [2.24, 2.45) is 0 Å². The van der Waals surface area contributed by atoms with E-state index in [9.17, 15) is 15.0 Å². The van der Waals surface area contributed by atoms with Gasteiger partial charge < -0.3 is 24.1 Å². The zero-order valence-corrected chi connectivity index (χ0v) is 18.3. The van der Waals surface area contributed by atoms with Crippen molar-refractivity contribution in [3.05, 3.63) is 47.0 Å². The summed E-state index contributed by atoms with van der Waals surface area (Å²) >= 11 is 0. The molecule has 0 amide bonds. The minimum Gasteiger partial charge on any atom is -0.494 e. The lowest BCUT2D eigenvalue weighted by atomic mass is 10.1. The first-order valence-electron chi connectivity index (χ1n) is 11.3. The van der Waals surface area contributed by atoms with Gasteiger partial charge in [0.1, 0.15) is 23.8 Å². The van der Waals surface area contributed by atoms with Gasteiger partial charge in [-0.05, 0) is 36.8 Å². The molecule has 1 saturated heterocycles. The summed E-state index contributed by atoms with van der Waals surface area (Å²) in [6.45, 7) is 2.60. The number of rotatable bonds is 10. The highest BCUT2D eigenvalue weighted by atomic mass is 16.5. The van der Waals surface area contributed by atoms with Crippen LogP contribution in [0.3, 0.4) is 0 Å². The van der Waals surface area contributed by atoms with Gasteiger partial charge in [0.05, 0.1) is 24.7 Å². The number of hydrogen-bond acceptors (Lipinski definition) is 7. The van der Waals surface area contributed by atoms with Gasteiger partial charge in [0.15, 0.2) is 0 Å². The standard InChI is InChI=1S/C24H30N2O6/c1-2-3-4-5-6-11-30-18-9-7-16(8-10-18)20-12-17-14-26(24(29)25-23(17)32-20)22-13-19(28)21(15-27)31-22/h7-10,12,14,19,21-22,27-28H,2-6,11,13,15H2,1H3/t19-,21+,22+/m0/s1. The van der Waals surface area contributed by atoms with E-state index in [-0.39, 0.29) is 18.7 Å². The van der Waals surface area contributed by atoms with Crippen molar-refractivity contribution in [3.63, 3.8) is 0 Å². The molecule has 0 radical (unpaired) electrons. The van der Waals surface area contributed by atoms with Crippen molar-refractivity contribution >= 4 is 11.1 Å². The quantitative estimate of drug-likeness (QED) is 0.462. The van der Waals surface area contributed by atoms with Crippen molar-refractivity contribution in [1.82, 2.24) is 9.55 Å². The smallest absolute Gasteiger partial charge is 0.353 e. The van der Waals surface area contributed by atoms with Gasteiger partial charge >= 0.3 is 5.69 Å². The van der Waals surface area contributed by atoms with Crippen LogP contribution in [0.4, 0.5) is 0 Å². The van der Waals surface area contributed by atoms with E-state index in [1.165, 1.54) is 30.3 Å². The molecule has 4 rings (SSSR count). The molecule has 8 nitrogen and oxygen atoms in total. The highest BCUT2D eigenvalue weighted by molar-refractivity contribution is 5.79. The second-order valence-corrected chi connectivity index (χ2v) is 8.20. The first-order chi connectivity index (χ1) is 15.6. The minimum atomic E-state index is -0.829. The van der Waals surface area contributed by atoms with Crippen LogP contribution >= 0.6 is 0 Å². The Labute approximate surface area is 186 Å². The molecule has 0 aliphatic carbocycles. The lowest BCUT2D eigenvalue weighted by Gasteiger charge is -2.13. The maximum Gasteiger partial charge on any atom is 0.353 e. The Morgan fingerprint density at radius 1 is 1.19 bits per heavy atom. The van der Waals surface area contributed by atoms with E-state index in [1.807, 2.05) is 30.3 Å². The van der Waals surface area contributed by atoms with E-state index < -0.39 is 24.1 Å². The average Bonchev–Trinajstić information content (AvgIpc) is 3.38. The summed E-state index contributed by atoms with van der Waals surface area (Å²) in [5.74, 6) is 1.41. The predicted molar refractivity (Wildman–Crippen MR) is 120 cm³/mol. The predicted octanol–water partition coefficient (Wildman–Crippen LogP) is 3.65. The zero-order valence-electron chi connectivity index (χ0n) is 18.3. The Bertz CT molecular complexity index is 1070. The average molecular weight is 443 g/mol. The van der Waals surface area contributed by atoms with Crippen LogP contribution in [0.5, 0.6) is 5.75 Å². The number of ether oxygens (including phenoxy) is 2. The number of furan rings is 1. The van der Waals surface area contributed by atoms with Crippen molar-refractivity contribution < 1.29 is 24.1 Å². The summed E-state index contributed by atoms with van der Waals surface area (Å²) in [5, 5.41) is 19.9. The van der Waals surface area contributed by atoms with Gasteiger partial charge in [0.2, 0.25) is 5.71 Å². The van der Waals surface area contributed by atoms with Crippen LogP contribution in [0, 0.1) is 0 Å². The molecule has 1 aliphatic rings. The maximum absolute atomic E-state index is 12.4. The fraction of sp³-hybridized carbons (Fsp3) is 0.500. The van der Waals surface area contributed by atoms with Gasteiger partial charge in [-0.25, -0.2) is 4.79 Å². The fourth-order valence-corrected chi connectivity index (χ4v) is 3.93. The van der Waals surface area contributed by atoms with Crippen molar-refractivity contribution in [1.29, 1.82) is 0 Å². The maximum atomic E-state index is 12.4. The van der Waals surface area contributed by atoms with E-state index >= 15 is 0 Å². The zero-order chi connectivity index (χ0) is 22.5. The van der Waals surface area contributed by atoms with Gasteiger partial charge in [-0.3, -0.25) is 4.57 Å². The van der Waals surface area contributed by atoms with Crippen molar-refractivity contribution in [3.8, 4) is 17.1 Å². The van der Waals surface area contributed by atoms with Crippen LogP contribution < -0.4 is 10.4 Å². The third-order valence-corrected chi connectivity index (χ3v) is 5.79. The van der Waals surface area contributed by atoms with E-state index in [2.05, 4.69) is 11.9 Å². The molecule has 32 heavy (non-hydrogen) atoms. The molecule has 1 aromatic carbocycles. The number of fused-ring (bicyclic) bond motifs is 1. The Morgan fingerprint density at radius 3 is 2.69 bits per heavy atom. The second kappa shape index (κ2) is 10.3. The molecule has 0 unspecified atom stereocenters. The third kappa shape index (κ3) is 5.03. The molecule has 2 N–H and O–H groups in total. The van der Waals surface area contributed by atoms with Gasteiger partial charge in [0, 0.05) is 18.2 Å². The van der Waals surface area contributed by atoms with E-state index in [0.29, 0.717) is 17.8 Å². The third-order valence-electron chi connectivity index (χ3n) is 5.79. The summed E-state index contributed by atoms with van der Waals surface area (Å²) in [7, 11) is 0. The normalized spacial score (nSPS) is 20.8. The van der Waals surface area contributed by atoms with Gasteiger partial charge in [0.25, 0.3) is 0 Å². The second-order valence-electron chi connectivity index (χ2n) is 8.20. The first kappa shape index (κ1) is 22.5. The molecule has 2 aromatic heterocycles. The van der Waals surface area contributed by atoms with Crippen LogP contribution in [-0.4, -0.2) is 45.2 Å². The first-order valence-corrected chi connectivity index (χ1v) is 11.3. The molecule has 0 spiro atoms. The topological polar surface area (TPSA) is 107 Å². The monoisotopic (exact) mass is 442 g/mol. The molecule has 0 saturated carbocycles. The number of aliphatic hydroxyl groups is 2. The Balaban J connectivity index is 1.44. The van der Waals surface area contributed by atoms with E-state index in [4.69, 9.17) is 13.9 Å². The van der Waals surface area contributed by atoms with Crippen molar-refractivity contribution in [2.75, 3.05) is 13.2 Å². The van der Waals surface area contributed by atoms with Crippen LogP contribution in [0.25, 0.3) is 22.4 Å². The summed E-state index contributed by atoms with van der Waals surface area (Å²) < 4.78 is 18.5. The molecule has 3 heterocycles. The number of aromatic nitrogens is 2. The van der Waals surface area contributed by atoms with Gasteiger partial charge in [-0.2, -0.15) is 4.98 Å². The van der Waals surface area contributed by atoms with Crippen LogP contribution in [0.1, 0.15) is 51.7 Å². The molecule has 172 valence electrons. The van der Waals surface area contributed by atoms with Crippen LogP contribution in [0.15, 0.2) is 45.7 Å². The summed E-state index contributed by atoms with van der Waals surface area (Å²) in [6, 6.07) is 9.46. The van der Waals surface area contributed by atoms with Gasteiger partial charge in [-0.15, -0.1) is 0 Å². The van der Waals surface area contributed by atoms with Crippen molar-refractivity contribution in [2.45, 2.75) is 63.9 Å². The highest BCUT2D eigenvalue weighted by Gasteiger charge is 2.35. The Morgan fingerprint density at radius 2 is 1.97 bits per heavy atom. The fourth-order valence-electron chi connectivity index (χ4n) is 3.93. The molecular formula is C24H30N2O6. The minimum absolute atomic E-state index is 0.211. The molecular weight excluding hydrogens is 412 g/mol. The number of nitrogens with zero attached hydrogens (tertiary/aromatic N) is 2.